The van der Waals surface area contributed by atoms with E-state index in [1.54, 1.807) is 31.4 Å². The summed E-state index contributed by atoms with van der Waals surface area (Å²) in [5.74, 6) is 0.140. The van der Waals surface area contributed by atoms with Gasteiger partial charge >= 0.3 is 0 Å². The predicted molar refractivity (Wildman–Crippen MR) is 92.1 cm³/mol. The van der Waals surface area contributed by atoms with Gasteiger partial charge in [0.15, 0.2) is 6.23 Å². The molecule has 1 unspecified atom stereocenters. The number of carbonyl (C=O) groups excluding carboxylic acids is 2. The maximum atomic E-state index is 12.3. The second kappa shape index (κ2) is 7.36. The summed E-state index contributed by atoms with van der Waals surface area (Å²) in [4.78, 5) is 25.6. The smallest absolute Gasteiger partial charge is 0.257 e. The summed E-state index contributed by atoms with van der Waals surface area (Å²) in [6.45, 7) is 0.268. The second-order valence-electron chi connectivity index (χ2n) is 5.85. The van der Waals surface area contributed by atoms with E-state index in [0.29, 0.717) is 24.1 Å². The Morgan fingerprint density at radius 3 is 2.80 bits per heavy atom. The zero-order valence-corrected chi connectivity index (χ0v) is 13.9. The van der Waals surface area contributed by atoms with Crippen molar-refractivity contribution < 1.29 is 19.4 Å². The Morgan fingerprint density at radius 1 is 1.24 bits per heavy atom. The van der Waals surface area contributed by atoms with Gasteiger partial charge in [0.2, 0.25) is 5.91 Å². The maximum Gasteiger partial charge on any atom is 0.257 e. The molecule has 6 nitrogen and oxygen atoms in total. The highest BCUT2D eigenvalue weighted by Crippen LogP contribution is 2.30. The number of benzene rings is 2. The first-order valence-corrected chi connectivity index (χ1v) is 8.07. The third-order valence-electron chi connectivity index (χ3n) is 4.21. The number of nitrogens with one attached hydrogen (secondary N) is 1. The van der Waals surface area contributed by atoms with Gasteiger partial charge in [0.25, 0.3) is 5.91 Å². The number of methoxy groups -OCH3 is 1. The number of carbonyl (C=O) groups is 2. The van der Waals surface area contributed by atoms with Gasteiger partial charge in [-0.25, -0.2) is 0 Å². The third kappa shape index (κ3) is 3.64. The predicted octanol–water partition coefficient (Wildman–Crippen LogP) is 1.50. The Bertz CT molecular complexity index is 790. The molecule has 0 saturated carbocycles. The molecule has 3 rings (SSSR count). The van der Waals surface area contributed by atoms with E-state index in [4.69, 9.17) is 4.74 Å². The van der Waals surface area contributed by atoms with Crippen LogP contribution >= 0.6 is 0 Å². The molecule has 1 atom stereocenters. The van der Waals surface area contributed by atoms with E-state index in [1.807, 2.05) is 24.3 Å². The molecule has 2 N–H and O–H groups in total. The summed E-state index contributed by atoms with van der Waals surface area (Å²) < 4.78 is 5.17. The number of ether oxygens (including phenoxy) is 1. The maximum absolute atomic E-state index is 12.3. The molecular formula is C19H20N2O4. The van der Waals surface area contributed by atoms with Gasteiger partial charge < -0.3 is 15.2 Å². The molecular weight excluding hydrogens is 320 g/mol. The van der Waals surface area contributed by atoms with Crippen LogP contribution in [-0.2, 0) is 11.2 Å². The molecule has 0 bridgehead atoms. The van der Waals surface area contributed by atoms with Gasteiger partial charge in [0, 0.05) is 17.7 Å². The molecule has 0 spiro atoms. The number of nitrogens with zero attached hydrogens (tertiary/aromatic N) is 1. The first-order valence-electron chi connectivity index (χ1n) is 8.07. The van der Waals surface area contributed by atoms with Gasteiger partial charge in [-0.05, 0) is 30.2 Å². The molecule has 0 aromatic heterocycles. The summed E-state index contributed by atoms with van der Waals surface area (Å²) in [5.41, 5.74) is 2.03. The summed E-state index contributed by atoms with van der Waals surface area (Å²) in [6, 6.07) is 14.5. The number of aliphatic hydroxyl groups is 1. The van der Waals surface area contributed by atoms with Gasteiger partial charge in [-0.3, -0.25) is 14.5 Å². The zero-order chi connectivity index (χ0) is 17.8. The molecule has 130 valence electrons. The van der Waals surface area contributed by atoms with Crippen LogP contribution in [0.25, 0.3) is 0 Å². The number of aliphatic hydroxyl groups excluding tert-OH is 1. The molecule has 2 aromatic carbocycles. The first kappa shape index (κ1) is 17.0. The quantitative estimate of drug-likeness (QED) is 0.835. The molecule has 2 amide bonds. The minimum absolute atomic E-state index is 0.174. The molecule has 2 aromatic rings. The average molecular weight is 340 g/mol. The number of fused-ring (bicyclic) bond motifs is 1. The minimum atomic E-state index is -1.08. The zero-order valence-electron chi connectivity index (χ0n) is 13.9. The van der Waals surface area contributed by atoms with E-state index < -0.39 is 6.23 Å². The fraction of sp³-hybridized carbons (Fsp3) is 0.263. The largest absolute Gasteiger partial charge is 0.497 e. The SMILES string of the molecule is COc1cccc(CCNC(=O)CN2C(=O)c3ccccc3C2O)c1. The van der Waals surface area contributed by atoms with Crippen molar-refractivity contribution in [2.45, 2.75) is 12.6 Å². The van der Waals surface area contributed by atoms with E-state index in [1.165, 1.54) is 4.90 Å². The van der Waals surface area contributed by atoms with E-state index in [2.05, 4.69) is 5.32 Å². The van der Waals surface area contributed by atoms with Crippen LogP contribution in [0.3, 0.4) is 0 Å². The van der Waals surface area contributed by atoms with Crippen molar-refractivity contribution in [1.29, 1.82) is 0 Å². The molecule has 0 aliphatic carbocycles. The highest BCUT2D eigenvalue weighted by Gasteiger charge is 2.35. The van der Waals surface area contributed by atoms with Crippen molar-refractivity contribution in [3.63, 3.8) is 0 Å². The van der Waals surface area contributed by atoms with Crippen LogP contribution in [0.1, 0.15) is 27.7 Å². The fourth-order valence-corrected chi connectivity index (χ4v) is 2.89. The first-order chi connectivity index (χ1) is 12.1. The van der Waals surface area contributed by atoms with Crippen molar-refractivity contribution in [3.05, 3.63) is 65.2 Å². The summed E-state index contributed by atoms with van der Waals surface area (Å²) >= 11 is 0. The Kier molecular flexibility index (Phi) is 5.00. The van der Waals surface area contributed by atoms with Crippen LogP contribution in [0, 0.1) is 0 Å². The van der Waals surface area contributed by atoms with Crippen LogP contribution in [0.2, 0.25) is 0 Å². The van der Waals surface area contributed by atoms with Gasteiger partial charge in [-0.2, -0.15) is 0 Å². The lowest BCUT2D eigenvalue weighted by Gasteiger charge is -2.20. The van der Waals surface area contributed by atoms with Crippen molar-refractivity contribution in [3.8, 4) is 5.75 Å². The third-order valence-corrected chi connectivity index (χ3v) is 4.21. The normalized spacial score (nSPS) is 15.8. The molecule has 25 heavy (non-hydrogen) atoms. The van der Waals surface area contributed by atoms with E-state index in [-0.39, 0.29) is 18.4 Å². The van der Waals surface area contributed by atoms with Crippen molar-refractivity contribution in [2.24, 2.45) is 0 Å². The molecule has 1 aliphatic rings. The van der Waals surface area contributed by atoms with Gasteiger partial charge in [0.1, 0.15) is 12.3 Å². The van der Waals surface area contributed by atoms with Crippen LogP contribution in [0.15, 0.2) is 48.5 Å². The molecule has 1 aliphatic heterocycles. The van der Waals surface area contributed by atoms with Gasteiger partial charge in [-0.1, -0.05) is 30.3 Å². The Labute approximate surface area is 146 Å². The Balaban J connectivity index is 1.52. The molecule has 0 fully saturated rings. The second-order valence-corrected chi connectivity index (χ2v) is 5.85. The number of hydrogen-bond donors (Lipinski definition) is 2. The van der Waals surface area contributed by atoms with Crippen LogP contribution in [0.5, 0.6) is 5.75 Å². The average Bonchev–Trinajstić information content (AvgIpc) is 2.87. The monoisotopic (exact) mass is 340 g/mol. The topological polar surface area (TPSA) is 78.9 Å². The fourth-order valence-electron chi connectivity index (χ4n) is 2.89. The minimum Gasteiger partial charge on any atom is -0.497 e. The number of amides is 2. The molecule has 1 heterocycles. The lowest BCUT2D eigenvalue weighted by atomic mass is 10.1. The van der Waals surface area contributed by atoms with Crippen LogP contribution < -0.4 is 10.1 Å². The van der Waals surface area contributed by atoms with Crippen molar-refractivity contribution in [1.82, 2.24) is 10.2 Å². The van der Waals surface area contributed by atoms with Crippen molar-refractivity contribution in [2.75, 3.05) is 20.2 Å². The van der Waals surface area contributed by atoms with Crippen LogP contribution in [0.4, 0.5) is 0 Å². The lowest BCUT2D eigenvalue weighted by Crippen LogP contribution is -2.39. The van der Waals surface area contributed by atoms with Crippen molar-refractivity contribution >= 4 is 11.8 Å². The van der Waals surface area contributed by atoms with Gasteiger partial charge in [-0.15, -0.1) is 0 Å². The highest BCUT2D eigenvalue weighted by atomic mass is 16.5. The number of hydrogen-bond acceptors (Lipinski definition) is 4. The standard InChI is InChI=1S/C19H20N2O4/c1-25-14-6-4-5-13(11-14)9-10-20-17(22)12-21-18(23)15-7-2-3-8-16(15)19(21)24/h2-8,11,18,23H,9-10,12H2,1H3,(H,20,22). The van der Waals surface area contributed by atoms with Crippen LogP contribution in [-0.4, -0.2) is 42.0 Å². The Morgan fingerprint density at radius 2 is 2.04 bits per heavy atom. The van der Waals surface area contributed by atoms with Gasteiger partial charge in [0.05, 0.1) is 7.11 Å². The summed E-state index contributed by atoms with van der Waals surface area (Å²) in [6.07, 6.45) is -0.424. The van der Waals surface area contributed by atoms with E-state index >= 15 is 0 Å². The lowest BCUT2D eigenvalue weighted by molar-refractivity contribution is -0.123. The number of rotatable bonds is 6. The molecule has 0 radical (unpaired) electrons. The summed E-state index contributed by atoms with van der Waals surface area (Å²) in [7, 11) is 1.61. The van der Waals surface area contributed by atoms with E-state index in [9.17, 15) is 14.7 Å². The Hall–Kier alpha value is -2.86. The summed E-state index contributed by atoms with van der Waals surface area (Å²) in [5, 5.41) is 13.0. The highest BCUT2D eigenvalue weighted by molar-refractivity contribution is 6.00. The molecule has 6 heteroatoms. The van der Waals surface area contributed by atoms with E-state index in [0.717, 1.165) is 11.3 Å². The molecule has 0 saturated heterocycles.